The van der Waals surface area contributed by atoms with Crippen LogP contribution < -0.4 is 21.4 Å². The molecule has 184 valence electrons. The number of rotatable bonds is 6. The molecule has 0 radical (unpaired) electrons. The molecule has 0 unspecified atom stereocenters. The molecule has 8 heteroatoms. The number of aryl methyl sites for hydroxylation is 1. The van der Waals surface area contributed by atoms with Crippen LogP contribution in [0.4, 0.5) is 11.6 Å². The first kappa shape index (κ1) is 25.6. The van der Waals surface area contributed by atoms with Crippen molar-refractivity contribution in [3.05, 3.63) is 81.7 Å². The largest absolute Gasteiger partial charge is 0.478 e. The van der Waals surface area contributed by atoms with Crippen LogP contribution in [0, 0.1) is 12.3 Å². The Hall–Kier alpha value is -4.07. The van der Waals surface area contributed by atoms with Gasteiger partial charge in [-0.15, -0.1) is 0 Å². The van der Waals surface area contributed by atoms with Crippen LogP contribution in [-0.2, 0) is 0 Å². The number of anilines is 2. The Morgan fingerprint density at radius 1 is 1.20 bits per heavy atom. The van der Waals surface area contributed by atoms with Crippen molar-refractivity contribution in [2.75, 3.05) is 23.3 Å². The van der Waals surface area contributed by atoms with Crippen molar-refractivity contribution in [1.82, 2.24) is 0 Å². The molecule has 1 fully saturated rings. The van der Waals surface area contributed by atoms with Crippen molar-refractivity contribution >= 4 is 34.7 Å². The molecular weight excluding hydrogens is 444 g/mol. The minimum absolute atomic E-state index is 0.0556. The van der Waals surface area contributed by atoms with Crippen LogP contribution in [0.3, 0.4) is 0 Å². The number of nitrogens with zero attached hydrogens (tertiary/aromatic N) is 1. The predicted octanol–water partition coefficient (Wildman–Crippen LogP) is 5.07. The van der Waals surface area contributed by atoms with E-state index in [1.54, 1.807) is 30.3 Å². The number of carbonyl (C=O) groups is 1. The zero-order valence-corrected chi connectivity index (χ0v) is 20.1. The maximum Gasteiger partial charge on any atom is 0.337 e. The SMILES string of the molecule is Cc1cc([C@@H](C)Nc2ccccc2C(=O)O)c2oc(N3CCCCC3)cc(=O)c2c1.N=C/C=C\N. The molecule has 4 rings (SSSR count). The van der Waals surface area contributed by atoms with Crippen molar-refractivity contribution < 1.29 is 14.3 Å². The Labute approximate surface area is 204 Å². The number of hydrogen-bond acceptors (Lipinski definition) is 7. The van der Waals surface area contributed by atoms with Gasteiger partial charge in [0.25, 0.3) is 0 Å². The normalized spacial score (nSPS) is 14.3. The fourth-order valence-electron chi connectivity index (χ4n) is 4.18. The second kappa shape index (κ2) is 11.9. The summed E-state index contributed by atoms with van der Waals surface area (Å²) in [5.41, 5.74) is 7.83. The lowest BCUT2D eigenvalue weighted by Crippen LogP contribution is -2.30. The molecule has 1 aromatic heterocycles. The minimum Gasteiger partial charge on any atom is -0.478 e. The first-order chi connectivity index (χ1) is 16.8. The molecule has 2 heterocycles. The summed E-state index contributed by atoms with van der Waals surface area (Å²) in [6, 6.07) is 12.0. The summed E-state index contributed by atoms with van der Waals surface area (Å²) >= 11 is 0. The molecule has 0 aliphatic carbocycles. The van der Waals surface area contributed by atoms with Gasteiger partial charge < -0.3 is 30.9 Å². The summed E-state index contributed by atoms with van der Waals surface area (Å²) in [5.74, 6) is -0.381. The van der Waals surface area contributed by atoms with E-state index in [1.807, 2.05) is 26.0 Å². The van der Waals surface area contributed by atoms with E-state index >= 15 is 0 Å². The Bertz CT molecular complexity index is 1280. The quantitative estimate of drug-likeness (QED) is 0.365. The highest BCUT2D eigenvalue weighted by atomic mass is 16.4. The van der Waals surface area contributed by atoms with Gasteiger partial charge in [0.2, 0.25) is 0 Å². The lowest BCUT2D eigenvalue weighted by Gasteiger charge is -2.27. The first-order valence-electron chi connectivity index (χ1n) is 11.6. The van der Waals surface area contributed by atoms with E-state index in [0.717, 1.165) is 43.3 Å². The molecule has 35 heavy (non-hydrogen) atoms. The van der Waals surface area contributed by atoms with Crippen molar-refractivity contribution in [3.63, 3.8) is 0 Å². The lowest BCUT2D eigenvalue weighted by molar-refractivity contribution is 0.0698. The number of allylic oxidation sites excluding steroid dienone is 1. The van der Waals surface area contributed by atoms with Crippen LogP contribution in [0.15, 0.2) is 64.0 Å². The average molecular weight is 477 g/mol. The van der Waals surface area contributed by atoms with Gasteiger partial charge in [0, 0.05) is 36.6 Å². The average Bonchev–Trinajstić information content (AvgIpc) is 2.85. The van der Waals surface area contributed by atoms with Gasteiger partial charge in [0.05, 0.1) is 17.0 Å². The van der Waals surface area contributed by atoms with E-state index in [4.69, 9.17) is 15.6 Å². The van der Waals surface area contributed by atoms with Gasteiger partial charge in [0.15, 0.2) is 11.3 Å². The molecule has 1 aliphatic rings. The molecule has 8 nitrogen and oxygen atoms in total. The van der Waals surface area contributed by atoms with E-state index in [9.17, 15) is 14.7 Å². The second-order valence-corrected chi connectivity index (χ2v) is 8.50. The number of fused-ring (bicyclic) bond motifs is 1. The highest BCUT2D eigenvalue weighted by Gasteiger charge is 2.20. The molecule has 5 N–H and O–H groups in total. The predicted molar refractivity (Wildman–Crippen MR) is 141 cm³/mol. The summed E-state index contributed by atoms with van der Waals surface area (Å²) < 4.78 is 6.27. The molecule has 0 spiro atoms. The molecular formula is C27H32N4O4. The third-order valence-corrected chi connectivity index (χ3v) is 5.86. The Kier molecular flexibility index (Phi) is 8.67. The maximum absolute atomic E-state index is 12.9. The first-order valence-corrected chi connectivity index (χ1v) is 11.6. The summed E-state index contributed by atoms with van der Waals surface area (Å²) in [6.07, 6.45) is 7.26. The van der Waals surface area contributed by atoms with E-state index < -0.39 is 5.97 Å². The van der Waals surface area contributed by atoms with Crippen LogP contribution in [0.2, 0.25) is 0 Å². The third-order valence-electron chi connectivity index (χ3n) is 5.86. The number of piperidine rings is 1. The number of nitrogens with two attached hydrogens (primary N) is 1. The maximum atomic E-state index is 12.9. The van der Waals surface area contributed by atoms with E-state index in [2.05, 4.69) is 10.2 Å². The molecule has 0 saturated carbocycles. The summed E-state index contributed by atoms with van der Waals surface area (Å²) in [7, 11) is 0. The summed E-state index contributed by atoms with van der Waals surface area (Å²) in [6.45, 7) is 5.66. The zero-order valence-electron chi connectivity index (χ0n) is 20.1. The summed E-state index contributed by atoms with van der Waals surface area (Å²) in [5, 5.41) is 19.6. The highest BCUT2D eigenvalue weighted by molar-refractivity contribution is 5.94. The number of para-hydroxylation sites is 1. The van der Waals surface area contributed by atoms with Gasteiger partial charge in [-0.25, -0.2) is 4.79 Å². The van der Waals surface area contributed by atoms with Crippen LogP contribution in [-0.4, -0.2) is 30.4 Å². The van der Waals surface area contributed by atoms with Gasteiger partial charge in [-0.05, 0) is 69.1 Å². The van der Waals surface area contributed by atoms with Crippen molar-refractivity contribution in [3.8, 4) is 0 Å². The molecule has 1 atom stereocenters. The number of nitrogens with one attached hydrogen (secondary N) is 2. The Morgan fingerprint density at radius 3 is 2.54 bits per heavy atom. The van der Waals surface area contributed by atoms with Gasteiger partial charge >= 0.3 is 5.97 Å². The van der Waals surface area contributed by atoms with E-state index in [-0.39, 0.29) is 17.0 Å². The van der Waals surface area contributed by atoms with Gasteiger partial charge in [-0.1, -0.05) is 18.2 Å². The second-order valence-electron chi connectivity index (χ2n) is 8.50. The molecule has 1 saturated heterocycles. The molecule has 1 aliphatic heterocycles. The van der Waals surface area contributed by atoms with Crippen LogP contribution in [0.1, 0.15) is 53.7 Å². The van der Waals surface area contributed by atoms with Gasteiger partial charge in [0.1, 0.15) is 5.58 Å². The summed E-state index contributed by atoms with van der Waals surface area (Å²) in [4.78, 5) is 26.6. The van der Waals surface area contributed by atoms with Crippen LogP contribution >= 0.6 is 0 Å². The van der Waals surface area contributed by atoms with Gasteiger partial charge in [-0.3, -0.25) is 4.79 Å². The van der Waals surface area contributed by atoms with Crippen molar-refractivity contribution in [1.29, 1.82) is 5.41 Å². The minimum atomic E-state index is -0.988. The standard InChI is InChI=1S/C24H26N2O4.C3H6N2/c1-15-12-18(16(2)25-20-9-5-4-8-17(20)24(28)29)23-19(13-15)21(27)14-22(30-23)26-10-6-3-7-11-26;4-2-1-3-5/h4-5,8-9,12-14,16,25H,3,6-7,10-11H2,1-2H3,(H,28,29);1-4H,5H2/b;3-1-,4-2?/t16-;/m1./s1. The fraction of sp³-hybridized carbons (Fsp3) is 0.296. The van der Waals surface area contributed by atoms with Gasteiger partial charge in [-0.2, -0.15) is 0 Å². The number of benzene rings is 2. The molecule has 0 bridgehead atoms. The van der Waals surface area contributed by atoms with Crippen molar-refractivity contribution in [2.45, 2.75) is 39.2 Å². The van der Waals surface area contributed by atoms with E-state index in [1.165, 1.54) is 18.7 Å². The number of aromatic carboxylic acids is 1. The zero-order chi connectivity index (χ0) is 25.4. The number of hydrogen-bond donors (Lipinski definition) is 4. The molecule has 3 aromatic rings. The lowest BCUT2D eigenvalue weighted by atomic mass is 10.0. The van der Waals surface area contributed by atoms with Crippen LogP contribution in [0.25, 0.3) is 11.0 Å². The van der Waals surface area contributed by atoms with Crippen LogP contribution in [0.5, 0.6) is 0 Å². The topological polar surface area (TPSA) is 133 Å². The fourth-order valence-corrected chi connectivity index (χ4v) is 4.18. The highest BCUT2D eigenvalue weighted by Crippen LogP contribution is 2.31. The van der Waals surface area contributed by atoms with Crippen molar-refractivity contribution in [2.24, 2.45) is 5.73 Å². The number of carboxylic acids is 1. The Balaban J connectivity index is 0.000000623. The van der Waals surface area contributed by atoms with E-state index in [0.29, 0.717) is 22.5 Å². The monoisotopic (exact) mass is 476 g/mol. The Morgan fingerprint density at radius 2 is 1.91 bits per heavy atom. The smallest absolute Gasteiger partial charge is 0.337 e. The number of carboxylic acid groups (broad SMARTS) is 1. The third kappa shape index (κ3) is 6.29. The molecule has 0 amide bonds. The molecule has 2 aromatic carbocycles.